The number of esters is 1. The predicted molar refractivity (Wildman–Crippen MR) is 54.9 cm³/mol. The Morgan fingerprint density at radius 2 is 2.13 bits per heavy atom. The molecule has 0 aliphatic carbocycles. The summed E-state index contributed by atoms with van der Waals surface area (Å²) in [4.78, 5) is 22.5. The van der Waals surface area contributed by atoms with Crippen LogP contribution in [-0.4, -0.2) is 18.4 Å². The van der Waals surface area contributed by atoms with Crippen molar-refractivity contribution in [3.8, 4) is 6.07 Å². The zero-order chi connectivity index (χ0) is 11.7. The molecule has 0 radical (unpaired) electrons. The maximum atomic E-state index is 11.4. The Balaban J connectivity index is 3.81. The van der Waals surface area contributed by atoms with Crippen molar-refractivity contribution >= 4 is 11.8 Å². The monoisotopic (exact) mass is 211 g/mol. The van der Waals surface area contributed by atoms with Crippen LogP contribution >= 0.6 is 0 Å². The van der Waals surface area contributed by atoms with Gasteiger partial charge in [-0.05, 0) is 6.42 Å². The zero-order valence-corrected chi connectivity index (χ0v) is 9.28. The minimum atomic E-state index is -0.478. The average Bonchev–Trinajstić information content (AvgIpc) is 2.22. The van der Waals surface area contributed by atoms with Crippen LogP contribution < -0.4 is 0 Å². The summed E-state index contributed by atoms with van der Waals surface area (Å²) in [6.07, 6.45) is 2.42. The van der Waals surface area contributed by atoms with Gasteiger partial charge in [0, 0.05) is 12.3 Å². The third kappa shape index (κ3) is 6.67. The number of Topliss-reactive ketones (excluding diaryl/α,β-unsaturated/α-hetero) is 1. The third-order valence-corrected chi connectivity index (χ3v) is 2.10. The fraction of sp³-hybridized carbons (Fsp3) is 0.727. The van der Waals surface area contributed by atoms with Crippen molar-refractivity contribution in [1.29, 1.82) is 5.26 Å². The number of hydrogen-bond donors (Lipinski definition) is 0. The van der Waals surface area contributed by atoms with E-state index in [1.807, 2.05) is 6.92 Å². The Bertz CT molecular complexity index is 255. The molecule has 84 valence electrons. The van der Waals surface area contributed by atoms with Gasteiger partial charge in [0.15, 0.2) is 6.61 Å². The van der Waals surface area contributed by atoms with Gasteiger partial charge in [0.05, 0.1) is 6.42 Å². The summed E-state index contributed by atoms with van der Waals surface area (Å²) in [6, 6.07) is 1.71. The number of unbranched alkanes of at least 4 members (excludes halogenated alkanes) is 1. The van der Waals surface area contributed by atoms with E-state index in [9.17, 15) is 9.59 Å². The van der Waals surface area contributed by atoms with E-state index in [-0.39, 0.29) is 24.7 Å². The molecule has 4 heteroatoms. The molecule has 0 heterocycles. The fourth-order valence-electron chi connectivity index (χ4n) is 1.13. The number of rotatable bonds is 7. The first kappa shape index (κ1) is 13.6. The van der Waals surface area contributed by atoms with Gasteiger partial charge < -0.3 is 4.74 Å². The van der Waals surface area contributed by atoms with Crippen LogP contribution in [0.15, 0.2) is 0 Å². The fourth-order valence-corrected chi connectivity index (χ4v) is 1.13. The van der Waals surface area contributed by atoms with E-state index in [1.165, 1.54) is 0 Å². The molecule has 0 aromatic carbocycles. The highest BCUT2D eigenvalue weighted by Gasteiger charge is 2.16. The van der Waals surface area contributed by atoms with Gasteiger partial charge in [0.25, 0.3) is 0 Å². The number of nitrogens with zero attached hydrogens (tertiary/aromatic N) is 1. The lowest BCUT2D eigenvalue weighted by Crippen LogP contribution is -2.17. The van der Waals surface area contributed by atoms with Crippen LogP contribution in [0.25, 0.3) is 0 Å². The molecular formula is C11H17NO3. The number of hydrogen-bond acceptors (Lipinski definition) is 4. The SMILES string of the molecule is CCCCC(=O)C(C)CC(=O)OCC#N. The summed E-state index contributed by atoms with van der Waals surface area (Å²) in [5.41, 5.74) is 0. The Morgan fingerprint density at radius 1 is 1.47 bits per heavy atom. The van der Waals surface area contributed by atoms with E-state index in [0.717, 1.165) is 12.8 Å². The van der Waals surface area contributed by atoms with E-state index in [4.69, 9.17) is 5.26 Å². The molecular weight excluding hydrogens is 194 g/mol. The van der Waals surface area contributed by atoms with Crippen LogP contribution in [0.5, 0.6) is 0 Å². The summed E-state index contributed by atoms with van der Waals surface area (Å²) in [7, 11) is 0. The highest BCUT2D eigenvalue weighted by molar-refractivity contribution is 5.85. The van der Waals surface area contributed by atoms with Crippen LogP contribution in [0, 0.1) is 17.2 Å². The minimum absolute atomic E-state index is 0.0736. The molecule has 0 spiro atoms. The van der Waals surface area contributed by atoms with Gasteiger partial charge >= 0.3 is 5.97 Å². The third-order valence-electron chi connectivity index (χ3n) is 2.10. The predicted octanol–water partition coefficient (Wildman–Crippen LogP) is 1.84. The highest BCUT2D eigenvalue weighted by atomic mass is 16.5. The van der Waals surface area contributed by atoms with Gasteiger partial charge in [-0.15, -0.1) is 0 Å². The molecule has 1 atom stereocenters. The second-order valence-electron chi connectivity index (χ2n) is 3.49. The summed E-state index contributed by atoms with van der Waals surface area (Å²) >= 11 is 0. The molecule has 0 fully saturated rings. The molecule has 0 saturated heterocycles. The first-order valence-electron chi connectivity index (χ1n) is 5.17. The van der Waals surface area contributed by atoms with E-state index in [0.29, 0.717) is 6.42 Å². The van der Waals surface area contributed by atoms with Gasteiger partial charge in [0.1, 0.15) is 11.9 Å². The van der Waals surface area contributed by atoms with E-state index < -0.39 is 5.97 Å². The average molecular weight is 211 g/mol. The van der Waals surface area contributed by atoms with Gasteiger partial charge in [-0.25, -0.2) is 0 Å². The Morgan fingerprint density at radius 3 is 2.67 bits per heavy atom. The molecule has 4 nitrogen and oxygen atoms in total. The van der Waals surface area contributed by atoms with Crippen molar-refractivity contribution in [1.82, 2.24) is 0 Å². The lowest BCUT2D eigenvalue weighted by Gasteiger charge is -2.08. The smallest absolute Gasteiger partial charge is 0.307 e. The first-order valence-corrected chi connectivity index (χ1v) is 5.17. The Labute approximate surface area is 90.2 Å². The zero-order valence-electron chi connectivity index (χ0n) is 9.28. The molecule has 0 aromatic heterocycles. The van der Waals surface area contributed by atoms with Crippen LogP contribution in [0.3, 0.4) is 0 Å². The molecule has 15 heavy (non-hydrogen) atoms. The standard InChI is InChI=1S/C11H17NO3/c1-3-4-5-10(13)9(2)8-11(14)15-7-6-12/h9H,3-5,7-8H2,1-2H3. The number of ketones is 1. The van der Waals surface area contributed by atoms with Crippen molar-refractivity contribution in [2.75, 3.05) is 6.61 Å². The van der Waals surface area contributed by atoms with Crippen molar-refractivity contribution < 1.29 is 14.3 Å². The van der Waals surface area contributed by atoms with E-state index >= 15 is 0 Å². The maximum absolute atomic E-state index is 11.4. The molecule has 0 amide bonds. The second-order valence-corrected chi connectivity index (χ2v) is 3.49. The molecule has 0 aliphatic heterocycles. The summed E-state index contributed by atoms with van der Waals surface area (Å²) in [6.45, 7) is 3.49. The largest absolute Gasteiger partial charge is 0.450 e. The van der Waals surface area contributed by atoms with Gasteiger partial charge in [-0.1, -0.05) is 20.3 Å². The second kappa shape index (κ2) is 7.98. The lowest BCUT2D eigenvalue weighted by atomic mass is 9.98. The summed E-state index contributed by atoms with van der Waals surface area (Å²) < 4.78 is 4.56. The van der Waals surface area contributed by atoms with Gasteiger partial charge in [-0.3, -0.25) is 9.59 Å². The molecule has 0 aromatic rings. The van der Waals surface area contributed by atoms with E-state index in [1.54, 1.807) is 13.0 Å². The van der Waals surface area contributed by atoms with Crippen molar-refractivity contribution in [2.24, 2.45) is 5.92 Å². The van der Waals surface area contributed by atoms with Crippen LogP contribution in [0.1, 0.15) is 39.5 Å². The Kier molecular flexibility index (Phi) is 7.25. The topological polar surface area (TPSA) is 67.2 Å². The van der Waals surface area contributed by atoms with Crippen LogP contribution in [0.4, 0.5) is 0 Å². The molecule has 0 aliphatic rings. The number of nitriles is 1. The molecule has 0 rings (SSSR count). The van der Waals surface area contributed by atoms with Gasteiger partial charge in [0.2, 0.25) is 0 Å². The summed E-state index contributed by atoms with van der Waals surface area (Å²) in [5, 5.41) is 8.18. The summed E-state index contributed by atoms with van der Waals surface area (Å²) in [5.74, 6) is -0.692. The van der Waals surface area contributed by atoms with Gasteiger partial charge in [-0.2, -0.15) is 5.26 Å². The minimum Gasteiger partial charge on any atom is -0.450 e. The van der Waals surface area contributed by atoms with Crippen molar-refractivity contribution in [3.05, 3.63) is 0 Å². The number of carbonyl (C=O) groups excluding carboxylic acids is 2. The molecule has 0 bridgehead atoms. The van der Waals surface area contributed by atoms with Crippen LogP contribution in [-0.2, 0) is 14.3 Å². The number of carbonyl (C=O) groups is 2. The normalized spacial score (nSPS) is 11.5. The molecule has 0 N–H and O–H groups in total. The van der Waals surface area contributed by atoms with E-state index in [2.05, 4.69) is 4.74 Å². The Hall–Kier alpha value is -1.37. The van der Waals surface area contributed by atoms with Crippen molar-refractivity contribution in [2.45, 2.75) is 39.5 Å². The lowest BCUT2D eigenvalue weighted by molar-refractivity contribution is -0.145. The number of ether oxygens (including phenoxy) is 1. The van der Waals surface area contributed by atoms with Crippen LogP contribution in [0.2, 0.25) is 0 Å². The quantitative estimate of drug-likeness (QED) is 0.602. The first-order chi connectivity index (χ1) is 7.11. The molecule has 0 saturated carbocycles. The highest BCUT2D eigenvalue weighted by Crippen LogP contribution is 2.09. The van der Waals surface area contributed by atoms with Crippen molar-refractivity contribution in [3.63, 3.8) is 0 Å². The maximum Gasteiger partial charge on any atom is 0.307 e. The molecule has 1 unspecified atom stereocenters.